The molecule has 0 aliphatic carbocycles. The second-order valence-corrected chi connectivity index (χ2v) is 8.20. The van der Waals surface area contributed by atoms with Crippen molar-refractivity contribution in [2.24, 2.45) is 0 Å². The molecule has 0 aliphatic rings. The lowest BCUT2D eigenvalue weighted by molar-refractivity contribution is 0.0657. The average molecular weight is 481 g/mol. The number of ether oxygens (including phenoxy) is 1. The number of para-hydroxylation sites is 1. The van der Waals surface area contributed by atoms with Gasteiger partial charge < -0.3 is 15.4 Å². The summed E-state index contributed by atoms with van der Waals surface area (Å²) in [4.78, 5) is 25.5. The molecule has 3 aromatic rings. The van der Waals surface area contributed by atoms with Gasteiger partial charge in [-0.25, -0.2) is 0 Å². The molecule has 0 heterocycles. The van der Waals surface area contributed by atoms with E-state index in [4.69, 9.17) is 4.74 Å². The molecule has 0 aliphatic heterocycles. The molecule has 0 bridgehead atoms. The first-order valence-electron chi connectivity index (χ1n) is 10.1. The van der Waals surface area contributed by atoms with Crippen molar-refractivity contribution in [2.75, 3.05) is 5.32 Å². The fourth-order valence-corrected chi connectivity index (χ4v) is 3.46. The van der Waals surface area contributed by atoms with Crippen LogP contribution in [0.1, 0.15) is 45.7 Å². The van der Waals surface area contributed by atoms with E-state index in [0.717, 1.165) is 11.1 Å². The second kappa shape index (κ2) is 10.9. The van der Waals surface area contributed by atoms with Crippen molar-refractivity contribution in [1.29, 1.82) is 0 Å². The summed E-state index contributed by atoms with van der Waals surface area (Å²) in [5.41, 5.74) is 3.40. The number of nitrogens with one attached hydrogen (secondary N) is 2. The molecule has 5 nitrogen and oxygen atoms in total. The average Bonchev–Trinajstić information content (AvgIpc) is 2.77. The van der Waals surface area contributed by atoms with Gasteiger partial charge in [-0.05, 0) is 65.2 Å². The number of halogens is 1. The van der Waals surface area contributed by atoms with Crippen LogP contribution in [-0.2, 0) is 17.9 Å². The monoisotopic (exact) mass is 480 g/mol. The number of hydrogen-bond acceptors (Lipinski definition) is 3. The van der Waals surface area contributed by atoms with Gasteiger partial charge in [0.2, 0.25) is 0 Å². The van der Waals surface area contributed by atoms with Crippen LogP contribution in [0.2, 0.25) is 0 Å². The first kappa shape index (κ1) is 22.7. The molecule has 0 aromatic heterocycles. The third kappa shape index (κ3) is 6.51. The molecule has 0 saturated carbocycles. The van der Waals surface area contributed by atoms with Crippen molar-refractivity contribution in [3.63, 3.8) is 0 Å². The molecule has 2 N–H and O–H groups in total. The summed E-state index contributed by atoms with van der Waals surface area (Å²) in [6, 6.07) is 22.0. The topological polar surface area (TPSA) is 67.4 Å². The number of rotatable bonds is 8. The molecule has 0 saturated heterocycles. The zero-order valence-corrected chi connectivity index (χ0v) is 19.1. The van der Waals surface area contributed by atoms with E-state index >= 15 is 0 Å². The largest absolute Gasteiger partial charge is 0.374 e. The molecule has 160 valence electrons. The van der Waals surface area contributed by atoms with Crippen LogP contribution in [0.3, 0.4) is 0 Å². The van der Waals surface area contributed by atoms with Crippen LogP contribution in [-0.4, -0.2) is 17.9 Å². The highest BCUT2D eigenvalue weighted by molar-refractivity contribution is 9.10. The zero-order valence-electron chi connectivity index (χ0n) is 17.5. The van der Waals surface area contributed by atoms with Gasteiger partial charge in [0.15, 0.2) is 0 Å². The minimum Gasteiger partial charge on any atom is -0.374 e. The molecular weight excluding hydrogens is 456 g/mol. The first-order valence-corrected chi connectivity index (χ1v) is 10.9. The Labute approximate surface area is 191 Å². The van der Waals surface area contributed by atoms with Gasteiger partial charge in [-0.2, -0.15) is 0 Å². The third-order valence-corrected chi connectivity index (χ3v) is 5.26. The molecular formula is C25H25BrN2O3. The Morgan fingerprint density at radius 2 is 1.55 bits per heavy atom. The highest BCUT2D eigenvalue weighted by Crippen LogP contribution is 2.20. The van der Waals surface area contributed by atoms with Crippen LogP contribution < -0.4 is 10.6 Å². The standard InChI is InChI=1S/C25H25BrN2O3/c1-17(2)31-16-19-9-7-8-18(14-19)15-27-24(29)21-11-4-6-13-23(21)28-25(30)20-10-3-5-12-22(20)26/h3-14,17H,15-16H2,1-2H3,(H,27,29)(H,28,30). The van der Waals surface area contributed by atoms with Crippen molar-refractivity contribution in [3.8, 4) is 0 Å². The molecule has 2 amide bonds. The number of hydrogen-bond donors (Lipinski definition) is 2. The van der Waals surface area contributed by atoms with Crippen molar-refractivity contribution >= 4 is 33.4 Å². The van der Waals surface area contributed by atoms with Gasteiger partial charge in [0, 0.05) is 11.0 Å². The Bertz CT molecular complexity index is 1070. The van der Waals surface area contributed by atoms with Crippen molar-refractivity contribution in [2.45, 2.75) is 33.1 Å². The van der Waals surface area contributed by atoms with E-state index in [1.54, 1.807) is 42.5 Å². The number of benzene rings is 3. The Kier molecular flexibility index (Phi) is 7.98. The predicted molar refractivity (Wildman–Crippen MR) is 126 cm³/mol. The summed E-state index contributed by atoms with van der Waals surface area (Å²) in [6.45, 7) is 4.90. The Morgan fingerprint density at radius 1 is 0.871 bits per heavy atom. The smallest absolute Gasteiger partial charge is 0.256 e. The van der Waals surface area contributed by atoms with Gasteiger partial charge in [0.05, 0.1) is 29.5 Å². The third-order valence-electron chi connectivity index (χ3n) is 4.57. The van der Waals surface area contributed by atoms with E-state index in [1.807, 2.05) is 44.2 Å². The maximum atomic E-state index is 12.8. The van der Waals surface area contributed by atoms with Gasteiger partial charge in [-0.15, -0.1) is 0 Å². The van der Waals surface area contributed by atoms with Gasteiger partial charge in [0.1, 0.15) is 0 Å². The van der Waals surface area contributed by atoms with E-state index in [2.05, 4.69) is 26.6 Å². The molecule has 0 spiro atoms. The van der Waals surface area contributed by atoms with E-state index in [1.165, 1.54) is 0 Å². The molecule has 0 radical (unpaired) electrons. The summed E-state index contributed by atoms with van der Waals surface area (Å²) >= 11 is 3.38. The van der Waals surface area contributed by atoms with Crippen molar-refractivity contribution in [1.82, 2.24) is 5.32 Å². The van der Waals surface area contributed by atoms with Crippen molar-refractivity contribution < 1.29 is 14.3 Å². The Morgan fingerprint density at radius 3 is 2.29 bits per heavy atom. The summed E-state index contributed by atoms with van der Waals surface area (Å²) in [6.07, 6.45) is 0.159. The van der Waals surface area contributed by atoms with Gasteiger partial charge >= 0.3 is 0 Å². The second-order valence-electron chi connectivity index (χ2n) is 7.34. The Hall–Kier alpha value is -2.96. The maximum absolute atomic E-state index is 12.8. The fraction of sp³-hybridized carbons (Fsp3) is 0.200. The summed E-state index contributed by atoms with van der Waals surface area (Å²) < 4.78 is 6.33. The van der Waals surface area contributed by atoms with Crippen LogP contribution in [0, 0.1) is 0 Å². The lowest BCUT2D eigenvalue weighted by Gasteiger charge is -2.13. The normalized spacial score (nSPS) is 10.7. The van der Waals surface area contributed by atoms with E-state index < -0.39 is 0 Å². The van der Waals surface area contributed by atoms with E-state index in [0.29, 0.717) is 34.4 Å². The Balaban J connectivity index is 1.67. The van der Waals surface area contributed by atoms with Crippen molar-refractivity contribution in [3.05, 3.63) is 99.5 Å². The van der Waals surface area contributed by atoms with Crippen LogP contribution in [0.5, 0.6) is 0 Å². The SMILES string of the molecule is CC(C)OCc1cccc(CNC(=O)c2ccccc2NC(=O)c2ccccc2Br)c1. The molecule has 3 aromatic carbocycles. The molecule has 0 unspecified atom stereocenters. The van der Waals surface area contributed by atoms with E-state index in [-0.39, 0.29) is 17.9 Å². The number of carbonyl (C=O) groups excluding carboxylic acids is 2. The summed E-state index contributed by atoms with van der Waals surface area (Å²) in [5.74, 6) is -0.544. The highest BCUT2D eigenvalue weighted by Gasteiger charge is 2.15. The first-order chi connectivity index (χ1) is 14.9. The summed E-state index contributed by atoms with van der Waals surface area (Å²) in [5, 5.41) is 5.77. The van der Waals surface area contributed by atoms with Crippen LogP contribution in [0.15, 0.2) is 77.3 Å². The number of amides is 2. The highest BCUT2D eigenvalue weighted by atomic mass is 79.9. The molecule has 0 fully saturated rings. The molecule has 6 heteroatoms. The maximum Gasteiger partial charge on any atom is 0.256 e. The van der Waals surface area contributed by atoms with E-state index in [9.17, 15) is 9.59 Å². The lowest BCUT2D eigenvalue weighted by Crippen LogP contribution is -2.25. The molecule has 3 rings (SSSR count). The van der Waals surface area contributed by atoms with Crippen LogP contribution in [0.4, 0.5) is 5.69 Å². The van der Waals surface area contributed by atoms with Gasteiger partial charge in [0.25, 0.3) is 11.8 Å². The van der Waals surface area contributed by atoms with Crippen LogP contribution in [0.25, 0.3) is 0 Å². The minimum absolute atomic E-state index is 0.159. The minimum atomic E-state index is -0.287. The number of carbonyl (C=O) groups is 2. The fourth-order valence-electron chi connectivity index (χ4n) is 2.99. The lowest BCUT2D eigenvalue weighted by atomic mass is 10.1. The zero-order chi connectivity index (χ0) is 22.2. The van der Waals surface area contributed by atoms with Crippen LogP contribution >= 0.6 is 15.9 Å². The molecule has 31 heavy (non-hydrogen) atoms. The predicted octanol–water partition coefficient (Wildman–Crippen LogP) is 5.56. The quantitative estimate of drug-likeness (QED) is 0.443. The van der Waals surface area contributed by atoms with Gasteiger partial charge in [-0.1, -0.05) is 48.5 Å². The van der Waals surface area contributed by atoms with Gasteiger partial charge in [-0.3, -0.25) is 9.59 Å². The molecule has 0 atom stereocenters. The number of anilines is 1. The summed E-state index contributed by atoms with van der Waals surface area (Å²) in [7, 11) is 0.